The maximum atomic E-state index is 13.3. The van der Waals surface area contributed by atoms with Crippen molar-refractivity contribution >= 4 is 33.2 Å². The summed E-state index contributed by atoms with van der Waals surface area (Å²) in [6.45, 7) is 0.614. The van der Waals surface area contributed by atoms with Gasteiger partial charge >= 0.3 is 0 Å². The normalized spacial score (nSPS) is 14.3. The zero-order chi connectivity index (χ0) is 23.0. The minimum absolute atomic E-state index is 0.0877. The molecule has 0 aromatic heterocycles. The Bertz CT molecular complexity index is 995. The zero-order valence-corrected chi connectivity index (χ0v) is 19.7. The summed E-state index contributed by atoms with van der Waals surface area (Å²) in [5.41, 5.74) is 0.277. The van der Waals surface area contributed by atoms with E-state index in [2.05, 4.69) is 5.32 Å². The van der Waals surface area contributed by atoms with Gasteiger partial charge in [0.25, 0.3) is 10.0 Å². The van der Waals surface area contributed by atoms with Gasteiger partial charge in [-0.1, -0.05) is 42.6 Å². The third-order valence-corrected chi connectivity index (χ3v) is 7.42. The third-order valence-electron chi connectivity index (χ3n) is 5.34. The lowest BCUT2D eigenvalue weighted by atomic mass is 10.3. The summed E-state index contributed by atoms with van der Waals surface area (Å²) in [5, 5.41) is 3.04. The van der Waals surface area contributed by atoms with Crippen LogP contribution in [0.15, 0.2) is 53.4 Å². The van der Waals surface area contributed by atoms with Gasteiger partial charge in [-0.2, -0.15) is 0 Å². The SMILES string of the molecule is COc1ccc(N(CC(=O)NCCCOC2CCCC2)S(=O)(=O)c2ccccc2)cc1Cl. The molecule has 1 aliphatic carbocycles. The van der Waals surface area contributed by atoms with Crippen molar-refractivity contribution in [2.45, 2.75) is 43.1 Å². The Labute approximate surface area is 194 Å². The number of ether oxygens (including phenoxy) is 2. The standard InChI is InChI=1S/C23H29ClN2O5S/c1-30-22-13-12-18(16-21(22)24)26(32(28,29)20-10-3-2-4-11-20)17-23(27)25-14-7-15-31-19-8-5-6-9-19/h2-4,10-13,16,19H,5-9,14-15,17H2,1H3,(H,25,27). The molecule has 7 nitrogen and oxygen atoms in total. The van der Waals surface area contributed by atoms with Crippen molar-refractivity contribution in [1.82, 2.24) is 5.32 Å². The fraction of sp³-hybridized carbons (Fsp3) is 0.435. The van der Waals surface area contributed by atoms with Gasteiger partial charge in [0.15, 0.2) is 0 Å². The maximum absolute atomic E-state index is 13.3. The molecule has 0 radical (unpaired) electrons. The molecule has 2 aromatic carbocycles. The Hall–Kier alpha value is -2.29. The van der Waals surface area contributed by atoms with Crippen molar-refractivity contribution in [3.05, 3.63) is 53.6 Å². The number of rotatable bonds is 11. The van der Waals surface area contributed by atoms with Crippen LogP contribution < -0.4 is 14.4 Å². The van der Waals surface area contributed by atoms with Gasteiger partial charge in [0.2, 0.25) is 5.91 Å². The van der Waals surface area contributed by atoms with Gasteiger partial charge < -0.3 is 14.8 Å². The quantitative estimate of drug-likeness (QED) is 0.491. The Morgan fingerprint density at radius 3 is 2.53 bits per heavy atom. The first-order valence-corrected chi connectivity index (χ1v) is 12.5. The minimum Gasteiger partial charge on any atom is -0.495 e. The van der Waals surface area contributed by atoms with Crippen molar-refractivity contribution in [2.75, 3.05) is 31.1 Å². The summed E-state index contributed by atoms with van der Waals surface area (Å²) in [7, 11) is -2.51. The fourth-order valence-electron chi connectivity index (χ4n) is 3.64. The molecule has 0 aliphatic heterocycles. The number of methoxy groups -OCH3 is 1. The number of nitrogens with one attached hydrogen (secondary N) is 1. The van der Waals surface area contributed by atoms with Crippen LogP contribution in [0.25, 0.3) is 0 Å². The average Bonchev–Trinajstić information content (AvgIpc) is 3.31. The first kappa shape index (κ1) is 24.4. The number of anilines is 1. The molecule has 0 unspecified atom stereocenters. The molecule has 2 aromatic rings. The van der Waals surface area contributed by atoms with E-state index in [1.165, 1.54) is 38.2 Å². The number of halogens is 1. The smallest absolute Gasteiger partial charge is 0.264 e. The highest BCUT2D eigenvalue weighted by atomic mass is 35.5. The van der Waals surface area contributed by atoms with Crippen molar-refractivity contribution in [3.63, 3.8) is 0 Å². The first-order valence-electron chi connectivity index (χ1n) is 10.7. The summed E-state index contributed by atoms with van der Waals surface area (Å²) in [6.07, 6.45) is 5.62. The van der Waals surface area contributed by atoms with Gasteiger partial charge in [-0.3, -0.25) is 9.10 Å². The highest BCUT2D eigenvalue weighted by Gasteiger charge is 2.27. The number of nitrogens with zero attached hydrogens (tertiary/aromatic N) is 1. The second kappa shape index (κ2) is 11.5. The summed E-state index contributed by atoms with van der Waals surface area (Å²) >= 11 is 6.22. The van der Waals surface area contributed by atoms with Gasteiger partial charge in [-0.15, -0.1) is 0 Å². The second-order valence-electron chi connectivity index (χ2n) is 7.62. The summed E-state index contributed by atoms with van der Waals surface area (Å²) in [4.78, 5) is 12.7. The molecule has 0 heterocycles. The van der Waals surface area contributed by atoms with E-state index in [1.807, 2.05) is 0 Å². The lowest BCUT2D eigenvalue weighted by molar-refractivity contribution is -0.119. The van der Waals surface area contributed by atoms with Gasteiger partial charge in [-0.05, 0) is 49.6 Å². The van der Waals surface area contributed by atoms with E-state index < -0.39 is 15.9 Å². The van der Waals surface area contributed by atoms with Crippen LogP contribution >= 0.6 is 11.6 Å². The zero-order valence-electron chi connectivity index (χ0n) is 18.1. The van der Waals surface area contributed by atoms with Gasteiger partial charge in [0, 0.05) is 13.2 Å². The molecule has 9 heteroatoms. The molecule has 1 saturated carbocycles. The average molecular weight is 481 g/mol. The predicted molar refractivity (Wildman–Crippen MR) is 125 cm³/mol. The predicted octanol–water partition coefficient (Wildman–Crippen LogP) is 4.01. The first-order chi connectivity index (χ1) is 15.4. The highest BCUT2D eigenvalue weighted by molar-refractivity contribution is 7.92. The summed E-state index contributed by atoms with van der Waals surface area (Å²) < 4.78 is 38.6. The lowest BCUT2D eigenvalue weighted by Gasteiger charge is -2.24. The van der Waals surface area contributed by atoms with Crippen molar-refractivity contribution < 1.29 is 22.7 Å². The lowest BCUT2D eigenvalue weighted by Crippen LogP contribution is -2.41. The van der Waals surface area contributed by atoms with Gasteiger partial charge in [-0.25, -0.2) is 8.42 Å². The van der Waals surface area contributed by atoms with E-state index in [0.717, 1.165) is 17.1 Å². The second-order valence-corrected chi connectivity index (χ2v) is 9.89. The number of hydrogen-bond acceptors (Lipinski definition) is 5. The minimum atomic E-state index is -3.98. The number of amides is 1. The molecular formula is C23H29ClN2O5S. The fourth-order valence-corrected chi connectivity index (χ4v) is 5.32. The van der Waals surface area contributed by atoms with Crippen LogP contribution in [-0.2, 0) is 19.6 Å². The number of carbonyl (C=O) groups is 1. The molecule has 3 rings (SSSR count). The van der Waals surface area contributed by atoms with Crippen molar-refractivity contribution in [2.24, 2.45) is 0 Å². The van der Waals surface area contributed by atoms with E-state index in [9.17, 15) is 13.2 Å². The van der Waals surface area contributed by atoms with Crippen molar-refractivity contribution in [3.8, 4) is 5.75 Å². The van der Waals surface area contributed by atoms with Crippen LogP contribution in [0.5, 0.6) is 5.75 Å². The van der Waals surface area contributed by atoms with Crippen LogP contribution in [-0.4, -0.2) is 47.2 Å². The molecule has 174 valence electrons. The molecule has 1 aliphatic rings. The maximum Gasteiger partial charge on any atom is 0.264 e. The highest BCUT2D eigenvalue weighted by Crippen LogP contribution is 2.31. The molecule has 1 amide bonds. The molecule has 0 bridgehead atoms. The van der Waals surface area contributed by atoms with Crippen LogP contribution in [0.3, 0.4) is 0 Å². The van der Waals surface area contributed by atoms with E-state index in [0.29, 0.717) is 31.4 Å². The molecule has 0 spiro atoms. The monoisotopic (exact) mass is 480 g/mol. The molecular weight excluding hydrogens is 452 g/mol. The van der Waals surface area contributed by atoms with Gasteiger partial charge in [0.1, 0.15) is 12.3 Å². The Morgan fingerprint density at radius 1 is 1.16 bits per heavy atom. The Balaban J connectivity index is 1.68. The largest absolute Gasteiger partial charge is 0.495 e. The molecule has 1 fully saturated rings. The van der Waals surface area contributed by atoms with E-state index >= 15 is 0 Å². The summed E-state index contributed by atoms with van der Waals surface area (Å²) in [5.74, 6) is 0.0107. The molecule has 1 N–H and O–H groups in total. The van der Waals surface area contributed by atoms with Crippen LogP contribution in [0.1, 0.15) is 32.1 Å². The van der Waals surface area contributed by atoms with Gasteiger partial charge in [0.05, 0.1) is 28.8 Å². The summed E-state index contributed by atoms with van der Waals surface area (Å²) in [6, 6.07) is 12.6. The van der Waals surface area contributed by atoms with Crippen LogP contribution in [0.2, 0.25) is 5.02 Å². The van der Waals surface area contributed by atoms with Crippen LogP contribution in [0.4, 0.5) is 5.69 Å². The number of hydrogen-bond donors (Lipinski definition) is 1. The third kappa shape index (κ3) is 6.37. The van der Waals surface area contributed by atoms with E-state index in [-0.39, 0.29) is 22.2 Å². The topological polar surface area (TPSA) is 84.9 Å². The molecule has 0 saturated heterocycles. The van der Waals surface area contributed by atoms with Crippen LogP contribution in [0, 0.1) is 0 Å². The molecule has 0 atom stereocenters. The number of sulfonamides is 1. The van der Waals surface area contributed by atoms with E-state index in [1.54, 1.807) is 30.3 Å². The number of carbonyl (C=O) groups excluding carboxylic acids is 1. The molecule has 32 heavy (non-hydrogen) atoms. The number of benzene rings is 2. The Morgan fingerprint density at radius 2 is 1.88 bits per heavy atom. The van der Waals surface area contributed by atoms with Crippen molar-refractivity contribution in [1.29, 1.82) is 0 Å². The Kier molecular flexibility index (Phi) is 8.78. The van der Waals surface area contributed by atoms with E-state index in [4.69, 9.17) is 21.1 Å².